The molecule has 1 aromatic heterocycles. The quantitative estimate of drug-likeness (QED) is 0.592. The second kappa shape index (κ2) is 9.53. The van der Waals surface area contributed by atoms with E-state index in [1.165, 1.54) is 31.5 Å². The molecular weight excluding hydrogens is 451 g/mol. The molecule has 1 N–H and O–H groups in total. The lowest BCUT2D eigenvalue weighted by Crippen LogP contribution is -2.50. The zero-order valence-corrected chi connectivity index (χ0v) is 18.1. The third-order valence-electron chi connectivity index (χ3n) is 5.25. The van der Waals surface area contributed by atoms with Crippen molar-refractivity contribution in [2.75, 3.05) is 7.05 Å². The van der Waals surface area contributed by atoms with E-state index in [4.69, 9.17) is 9.57 Å². The standard InChI is InChI=1S/C20H22F3N3O5S/c1-13(26(2)32(28,29)20(21,22)23)18(31-25-19(27)15-5-7-24-8-6-15)10-14-3-4-16-11-30-12-17(16)9-14/h3-9,13,18H,10-12H2,1-2H3,(H,25,27)/t13-,18?/m0/s1. The SMILES string of the molecule is C[C@@H](C(Cc1ccc2c(c1)COC2)ONC(=O)c1ccncc1)N(C)S(=O)(=O)C(F)(F)F. The number of pyridine rings is 1. The fourth-order valence-electron chi connectivity index (χ4n) is 3.20. The van der Waals surface area contributed by atoms with Gasteiger partial charge in [-0.25, -0.2) is 13.9 Å². The molecule has 1 aliphatic rings. The van der Waals surface area contributed by atoms with Gasteiger partial charge >= 0.3 is 15.5 Å². The summed E-state index contributed by atoms with van der Waals surface area (Å²) in [4.78, 5) is 21.6. The largest absolute Gasteiger partial charge is 0.511 e. The first-order valence-electron chi connectivity index (χ1n) is 9.59. The zero-order valence-electron chi connectivity index (χ0n) is 17.3. The fourth-order valence-corrected chi connectivity index (χ4v) is 4.10. The Bertz CT molecular complexity index is 1060. The Balaban J connectivity index is 1.82. The van der Waals surface area contributed by atoms with Crippen molar-refractivity contribution in [1.82, 2.24) is 14.8 Å². The maximum Gasteiger partial charge on any atom is 0.511 e. The van der Waals surface area contributed by atoms with Gasteiger partial charge in [-0.2, -0.15) is 17.5 Å². The van der Waals surface area contributed by atoms with Gasteiger partial charge in [0.25, 0.3) is 5.91 Å². The molecule has 2 heterocycles. The number of hydrogen-bond donors (Lipinski definition) is 1. The summed E-state index contributed by atoms with van der Waals surface area (Å²) in [5.74, 6) is -0.645. The van der Waals surface area contributed by atoms with Crippen molar-refractivity contribution in [2.45, 2.75) is 44.2 Å². The number of fused-ring (bicyclic) bond motifs is 1. The van der Waals surface area contributed by atoms with Crippen LogP contribution < -0.4 is 5.48 Å². The van der Waals surface area contributed by atoms with E-state index in [1.807, 2.05) is 12.1 Å². The number of aromatic nitrogens is 1. The molecule has 0 fully saturated rings. The van der Waals surface area contributed by atoms with Gasteiger partial charge in [0.2, 0.25) is 0 Å². The lowest BCUT2D eigenvalue weighted by molar-refractivity contribution is -0.0593. The number of hydrogen-bond acceptors (Lipinski definition) is 6. The van der Waals surface area contributed by atoms with Crippen molar-refractivity contribution in [3.05, 3.63) is 65.0 Å². The molecule has 12 heteroatoms. The van der Waals surface area contributed by atoms with E-state index in [0.29, 0.717) is 18.8 Å². The van der Waals surface area contributed by atoms with Gasteiger partial charge in [-0.3, -0.25) is 14.6 Å². The Morgan fingerprint density at radius 1 is 1.22 bits per heavy atom. The highest BCUT2D eigenvalue weighted by molar-refractivity contribution is 7.90. The third-order valence-corrected chi connectivity index (χ3v) is 6.93. The van der Waals surface area contributed by atoms with E-state index in [-0.39, 0.29) is 16.3 Å². The number of hydroxylamine groups is 1. The summed E-state index contributed by atoms with van der Waals surface area (Å²) in [5, 5.41) is 0. The van der Waals surface area contributed by atoms with E-state index in [1.54, 1.807) is 6.07 Å². The van der Waals surface area contributed by atoms with Crippen LogP contribution in [0, 0.1) is 0 Å². The van der Waals surface area contributed by atoms with E-state index >= 15 is 0 Å². The lowest BCUT2D eigenvalue weighted by atomic mass is 9.99. The van der Waals surface area contributed by atoms with Crippen LogP contribution in [-0.4, -0.2) is 48.3 Å². The molecule has 2 aromatic rings. The molecular formula is C20H22F3N3O5S. The first kappa shape index (κ1) is 24.1. The topological polar surface area (TPSA) is 97.8 Å². The first-order valence-corrected chi connectivity index (χ1v) is 11.0. The minimum atomic E-state index is -5.60. The average Bonchev–Trinajstić information content (AvgIpc) is 3.23. The van der Waals surface area contributed by atoms with Gasteiger partial charge < -0.3 is 4.74 Å². The monoisotopic (exact) mass is 473 g/mol. The number of amides is 1. The van der Waals surface area contributed by atoms with Crippen molar-refractivity contribution >= 4 is 15.9 Å². The molecule has 1 amide bonds. The molecule has 1 aliphatic heterocycles. The molecule has 1 aromatic carbocycles. The van der Waals surface area contributed by atoms with Gasteiger partial charge in [0.05, 0.1) is 19.3 Å². The molecule has 1 unspecified atom stereocenters. The van der Waals surface area contributed by atoms with E-state index in [2.05, 4.69) is 10.5 Å². The highest BCUT2D eigenvalue weighted by atomic mass is 32.2. The summed E-state index contributed by atoms with van der Waals surface area (Å²) in [6.45, 7) is 2.16. The van der Waals surface area contributed by atoms with Crippen LogP contribution in [-0.2, 0) is 39.2 Å². The smallest absolute Gasteiger partial charge is 0.372 e. The summed E-state index contributed by atoms with van der Waals surface area (Å²) in [6.07, 6.45) is 1.71. The van der Waals surface area contributed by atoms with Crippen molar-refractivity contribution in [2.24, 2.45) is 0 Å². The predicted octanol–water partition coefficient (Wildman–Crippen LogP) is 2.55. The normalized spacial score (nSPS) is 15.9. The van der Waals surface area contributed by atoms with Crippen LogP contribution in [0.15, 0.2) is 42.7 Å². The third kappa shape index (κ3) is 5.26. The molecule has 0 aliphatic carbocycles. The number of carbonyl (C=O) groups is 1. The van der Waals surface area contributed by atoms with E-state index in [9.17, 15) is 26.4 Å². The molecule has 32 heavy (non-hydrogen) atoms. The Morgan fingerprint density at radius 2 is 1.88 bits per heavy atom. The second-order valence-electron chi connectivity index (χ2n) is 7.33. The van der Waals surface area contributed by atoms with Crippen LogP contribution >= 0.6 is 0 Å². The zero-order chi connectivity index (χ0) is 23.5. The van der Waals surface area contributed by atoms with Crippen LogP contribution in [0.25, 0.3) is 0 Å². The number of ether oxygens (including phenoxy) is 1. The van der Waals surface area contributed by atoms with Crippen LogP contribution in [0.4, 0.5) is 13.2 Å². The number of rotatable bonds is 8. The molecule has 0 bridgehead atoms. The number of nitrogens with one attached hydrogen (secondary N) is 1. The number of likely N-dealkylation sites (N-methyl/N-ethyl adjacent to an activating group) is 1. The number of carbonyl (C=O) groups excluding carboxylic acids is 1. The average molecular weight is 473 g/mol. The van der Waals surface area contributed by atoms with Crippen molar-refractivity contribution in [3.8, 4) is 0 Å². The molecule has 0 radical (unpaired) electrons. The summed E-state index contributed by atoms with van der Waals surface area (Å²) < 4.78 is 68.5. The molecule has 0 saturated heterocycles. The number of halogens is 3. The minimum Gasteiger partial charge on any atom is -0.372 e. The Morgan fingerprint density at radius 3 is 2.53 bits per heavy atom. The summed E-state index contributed by atoms with van der Waals surface area (Å²) in [7, 11) is -4.78. The maximum atomic E-state index is 13.1. The van der Waals surface area contributed by atoms with Gasteiger partial charge in [0, 0.05) is 31.4 Å². The first-order chi connectivity index (χ1) is 15.0. The number of nitrogens with zero attached hydrogens (tertiary/aromatic N) is 2. The summed E-state index contributed by atoms with van der Waals surface area (Å²) >= 11 is 0. The maximum absolute atomic E-state index is 13.1. The molecule has 2 atom stereocenters. The van der Waals surface area contributed by atoms with Gasteiger partial charge in [-0.05, 0) is 35.7 Å². The van der Waals surface area contributed by atoms with Gasteiger partial charge in [-0.15, -0.1) is 0 Å². The molecule has 174 valence electrons. The van der Waals surface area contributed by atoms with Crippen molar-refractivity contribution < 1.29 is 36.0 Å². The molecule has 0 spiro atoms. The number of sulfonamides is 1. The summed E-state index contributed by atoms with van der Waals surface area (Å²) in [6, 6.07) is 7.03. The Labute approximate surface area is 183 Å². The molecule has 0 saturated carbocycles. The predicted molar refractivity (Wildman–Crippen MR) is 107 cm³/mol. The Kier molecular flexibility index (Phi) is 7.18. The fraction of sp³-hybridized carbons (Fsp3) is 0.400. The summed E-state index contributed by atoms with van der Waals surface area (Å²) in [5.41, 5.74) is -0.409. The van der Waals surface area contributed by atoms with Crippen molar-refractivity contribution in [1.29, 1.82) is 0 Å². The number of benzene rings is 1. The van der Waals surface area contributed by atoms with Crippen LogP contribution in [0.1, 0.15) is 34.0 Å². The Hall–Kier alpha value is -2.54. The highest BCUT2D eigenvalue weighted by Gasteiger charge is 2.51. The van der Waals surface area contributed by atoms with Gasteiger partial charge in [0.15, 0.2) is 0 Å². The van der Waals surface area contributed by atoms with Crippen molar-refractivity contribution in [3.63, 3.8) is 0 Å². The molecule has 3 rings (SSSR count). The van der Waals surface area contributed by atoms with Gasteiger partial charge in [0.1, 0.15) is 6.10 Å². The minimum absolute atomic E-state index is 0.0444. The van der Waals surface area contributed by atoms with Crippen LogP contribution in [0.5, 0.6) is 0 Å². The van der Waals surface area contributed by atoms with Crippen LogP contribution in [0.2, 0.25) is 0 Å². The molecule has 8 nitrogen and oxygen atoms in total. The van der Waals surface area contributed by atoms with E-state index < -0.39 is 33.6 Å². The van der Waals surface area contributed by atoms with E-state index in [0.717, 1.165) is 18.2 Å². The lowest BCUT2D eigenvalue weighted by Gasteiger charge is -2.31. The second-order valence-corrected chi connectivity index (χ2v) is 9.32. The number of alkyl halides is 3. The highest BCUT2D eigenvalue weighted by Crippen LogP contribution is 2.29. The van der Waals surface area contributed by atoms with Gasteiger partial charge in [-0.1, -0.05) is 18.2 Å². The van der Waals surface area contributed by atoms with Crippen LogP contribution in [0.3, 0.4) is 0 Å².